The van der Waals surface area contributed by atoms with E-state index in [0.29, 0.717) is 5.56 Å². The SMILES string of the molecule is Cc1csc(C(=O)O)c1-n1c(=O)[nH][nH]c1=O. The number of aromatic carboxylic acids is 1. The summed E-state index contributed by atoms with van der Waals surface area (Å²) in [6.45, 7) is 1.64. The maximum absolute atomic E-state index is 11.4. The molecular formula is C8H7N3O4S. The van der Waals surface area contributed by atoms with Crippen molar-refractivity contribution in [2.75, 3.05) is 0 Å². The van der Waals surface area contributed by atoms with Gasteiger partial charge in [0, 0.05) is 0 Å². The van der Waals surface area contributed by atoms with Crippen molar-refractivity contribution in [3.8, 4) is 5.69 Å². The van der Waals surface area contributed by atoms with E-state index in [0.717, 1.165) is 15.9 Å². The first kappa shape index (κ1) is 10.4. The number of nitrogens with zero attached hydrogens (tertiary/aromatic N) is 1. The van der Waals surface area contributed by atoms with Crippen LogP contribution in [-0.2, 0) is 0 Å². The standard InChI is InChI=1S/C8H7N3O4S/c1-3-2-16-5(6(12)13)4(3)11-7(14)9-10-8(11)15/h2H,1H3,(H,9,14)(H,10,15)(H,12,13). The highest BCUT2D eigenvalue weighted by Gasteiger charge is 2.20. The zero-order chi connectivity index (χ0) is 11.9. The van der Waals surface area contributed by atoms with Crippen molar-refractivity contribution in [3.63, 3.8) is 0 Å². The molecule has 2 aromatic rings. The molecule has 0 atom stereocenters. The van der Waals surface area contributed by atoms with Crippen molar-refractivity contribution in [2.45, 2.75) is 6.92 Å². The predicted molar refractivity (Wildman–Crippen MR) is 56.6 cm³/mol. The molecule has 2 heterocycles. The van der Waals surface area contributed by atoms with Crippen LogP contribution in [0.3, 0.4) is 0 Å². The van der Waals surface area contributed by atoms with Crippen molar-refractivity contribution in [1.29, 1.82) is 0 Å². The molecule has 0 aromatic carbocycles. The summed E-state index contributed by atoms with van der Waals surface area (Å²) in [6.07, 6.45) is 0. The quantitative estimate of drug-likeness (QED) is 0.683. The fraction of sp³-hybridized carbons (Fsp3) is 0.125. The third-order valence-corrected chi connectivity index (χ3v) is 3.12. The molecule has 0 aliphatic heterocycles. The topological polar surface area (TPSA) is 108 Å². The number of aryl methyl sites for hydroxylation is 1. The average molecular weight is 241 g/mol. The largest absolute Gasteiger partial charge is 0.477 e. The van der Waals surface area contributed by atoms with Gasteiger partial charge in [0.15, 0.2) is 0 Å². The number of carboxylic acid groups (broad SMARTS) is 1. The second-order valence-corrected chi connectivity index (χ2v) is 3.98. The molecule has 84 valence electrons. The summed E-state index contributed by atoms with van der Waals surface area (Å²) >= 11 is 0.974. The molecule has 2 aromatic heterocycles. The number of H-pyrrole nitrogens is 2. The normalized spacial score (nSPS) is 10.6. The minimum Gasteiger partial charge on any atom is -0.477 e. The van der Waals surface area contributed by atoms with E-state index in [9.17, 15) is 14.4 Å². The molecular weight excluding hydrogens is 234 g/mol. The van der Waals surface area contributed by atoms with Gasteiger partial charge in [-0.25, -0.2) is 29.1 Å². The van der Waals surface area contributed by atoms with Gasteiger partial charge in [-0.1, -0.05) is 0 Å². The molecule has 16 heavy (non-hydrogen) atoms. The van der Waals surface area contributed by atoms with Crippen LogP contribution < -0.4 is 11.4 Å². The van der Waals surface area contributed by atoms with Crippen LogP contribution in [0, 0.1) is 6.92 Å². The Bertz CT molecular complexity index is 632. The molecule has 0 saturated carbocycles. The summed E-state index contributed by atoms with van der Waals surface area (Å²) in [5, 5.41) is 14.7. The Morgan fingerprint density at radius 1 is 1.38 bits per heavy atom. The molecule has 0 amide bonds. The maximum Gasteiger partial charge on any atom is 0.349 e. The molecule has 0 aliphatic rings. The molecule has 0 unspecified atom stereocenters. The lowest BCUT2D eigenvalue weighted by atomic mass is 10.2. The van der Waals surface area contributed by atoms with Gasteiger partial charge >= 0.3 is 17.3 Å². The molecule has 0 radical (unpaired) electrons. The summed E-state index contributed by atoms with van der Waals surface area (Å²) in [4.78, 5) is 33.6. The minimum atomic E-state index is -1.17. The van der Waals surface area contributed by atoms with E-state index in [4.69, 9.17) is 5.11 Å². The molecule has 7 nitrogen and oxygen atoms in total. The van der Waals surface area contributed by atoms with Crippen LogP contribution in [0.15, 0.2) is 15.0 Å². The summed E-state index contributed by atoms with van der Waals surface area (Å²) in [6, 6.07) is 0. The average Bonchev–Trinajstić information content (AvgIpc) is 2.71. The smallest absolute Gasteiger partial charge is 0.349 e. The van der Waals surface area contributed by atoms with Crippen LogP contribution in [0.4, 0.5) is 0 Å². The highest BCUT2D eigenvalue weighted by atomic mass is 32.1. The zero-order valence-electron chi connectivity index (χ0n) is 8.10. The molecule has 8 heteroatoms. The Kier molecular flexibility index (Phi) is 2.27. The maximum atomic E-state index is 11.4. The van der Waals surface area contributed by atoms with E-state index >= 15 is 0 Å². The number of rotatable bonds is 2. The van der Waals surface area contributed by atoms with Crippen molar-refractivity contribution in [1.82, 2.24) is 14.8 Å². The van der Waals surface area contributed by atoms with Crippen LogP contribution in [0.25, 0.3) is 5.69 Å². The van der Waals surface area contributed by atoms with Crippen molar-refractivity contribution < 1.29 is 9.90 Å². The van der Waals surface area contributed by atoms with E-state index in [-0.39, 0.29) is 10.6 Å². The van der Waals surface area contributed by atoms with Crippen molar-refractivity contribution in [3.05, 3.63) is 36.8 Å². The van der Waals surface area contributed by atoms with E-state index in [1.54, 1.807) is 12.3 Å². The fourth-order valence-corrected chi connectivity index (χ4v) is 2.25. The number of nitrogens with one attached hydrogen (secondary N) is 2. The minimum absolute atomic E-state index is 0.0373. The number of hydrogen-bond donors (Lipinski definition) is 3. The lowest BCUT2D eigenvalue weighted by Crippen LogP contribution is -2.26. The second-order valence-electron chi connectivity index (χ2n) is 3.10. The van der Waals surface area contributed by atoms with Gasteiger partial charge in [0.1, 0.15) is 4.88 Å². The Hall–Kier alpha value is -2.09. The van der Waals surface area contributed by atoms with Crippen molar-refractivity contribution >= 4 is 17.3 Å². The highest BCUT2D eigenvalue weighted by molar-refractivity contribution is 7.12. The summed E-state index contributed by atoms with van der Waals surface area (Å²) in [7, 11) is 0. The fourth-order valence-electron chi connectivity index (χ4n) is 1.38. The number of aromatic amines is 2. The second kappa shape index (κ2) is 3.49. The predicted octanol–water partition coefficient (Wildman–Crippen LogP) is -0.0780. The Balaban J connectivity index is 2.83. The first-order chi connectivity index (χ1) is 7.52. The highest BCUT2D eigenvalue weighted by Crippen LogP contribution is 2.23. The van der Waals surface area contributed by atoms with Gasteiger partial charge in [-0.15, -0.1) is 11.3 Å². The number of thiophene rings is 1. The first-order valence-electron chi connectivity index (χ1n) is 4.24. The van der Waals surface area contributed by atoms with Gasteiger partial charge < -0.3 is 5.11 Å². The number of carbonyl (C=O) groups is 1. The summed E-state index contributed by atoms with van der Waals surface area (Å²) < 4.78 is 0.773. The molecule has 0 aliphatic carbocycles. The van der Waals surface area contributed by atoms with Crippen LogP contribution in [0.5, 0.6) is 0 Å². The Morgan fingerprint density at radius 3 is 2.44 bits per heavy atom. The van der Waals surface area contributed by atoms with Crippen molar-refractivity contribution in [2.24, 2.45) is 0 Å². The van der Waals surface area contributed by atoms with E-state index < -0.39 is 17.3 Å². The number of aromatic nitrogens is 3. The molecule has 0 bridgehead atoms. The van der Waals surface area contributed by atoms with Gasteiger partial charge in [0.05, 0.1) is 5.69 Å². The number of carboxylic acids is 1. The molecule has 0 spiro atoms. The number of hydrogen-bond acceptors (Lipinski definition) is 4. The van der Waals surface area contributed by atoms with Crippen LogP contribution in [0.2, 0.25) is 0 Å². The lowest BCUT2D eigenvalue weighted by molar-refractivity contribution is 0.0702. The molecule has 0 saturated heterocycles. The van der Waals surface area contributed by atoms with E-state index in [2.05, 4.69) is 10.2 Å². The third-order valence-electron chi connectivity index (χ3n) is 2.04. The first-order valence-corrected chi connectivity index (χ1v) is 5.11. The van der Waals surface area contributed by atoms with E-state index in [1.165, 1.54) is 0 Å². The summed E-state index contributed by atoms with van der Waals surface area (Å²) in [5.74, 6) is -1.17. The Morgan fingerprint density at radius 2 is 1.94 bits per heavy atom. The van der Waals surface area contributed by atoms with Crippen LogP contribution in [-0.4, -0.2) is 25.8 Å². The zero-order valence-corrected chi connectivity index (χ0v) is 8.92. The third kappa shape index (κ3) is 1.39. The van der Waals surface area contributed by atoms with E-state index in [1.807, 2.05) is 0 Å². The molecule has 3 N–H and O–H groups in total. The molecule has 2 rings (SSSR count). The van der Waals surface area contributed by atoms with Gasteiger partial charge in [-0.05, 0) is 17.9 Å². The Labute approximate surface area is 92.0 Å². The summed E-state index contributed by atoms with van der Waals surface area (Å²) in [5.41, 5.74) is -0.692. The van der Waals surface area contributed by atoms with Crippen LogP contribution in [0.1, 0.15) is 15.2 Å². The van der Waals surface area contributed by atoms with Gasteiger partial charge in [0.25, 0.3) is 0 Å². The van der Waals surface area contributed by atoms with Gasteiger partial charge in [-0.2, -0.15) is 0 Å². The molecule has 0 fully saturated rings. The van der Waals surface area contributed by atoms with Gasteiger partial charge in [-0.3, -0.25) is 0 Å². The van der Waals surface area contributed by atoms with Crippen LogP contribution >= 0.6 is 11.3 Å². The lowest BCUT2D eigenvalue weighted by Gasteiger charge is -1.99. The monoisotopic (exact) mass is 241 g/mol. The van der Waals surface area contributed by atoms with Gasteiger partial charge in [0.2, 0.25) is 0 Å².